The second-order valence-electron chi connectivity index (χ2n) is 5.86. The van der Waals surface area contributed by atoms with Crippen molar-refractivity contribution in [3.05, 3.63) is 46.3 Å². The summed E-state index contributed by atoms with van der Waals surface area (Å²) in [4.78, 5) is 24.4. The maximum absolute atomic E-state index is 12.2. The summed E-state index contributed by atoms with van der Waals surface area (Å²) in [6.45, 7) is 2.02. The van der Waals surface area contributed by atoms with Gasteiger partial charge in [-0.25, -0.2) is 4.68 Å². The van der Waals surface area contributed by atoms with Gasteiger partial charge in [-0.15, -0.1) is 0 Å². The van der Waals surface area contributed by atoms with Gasteiger partial charge in [0.1, 0.15) is 6.54 Å². The lowest BCUT2D eigenvalue weighted by molar-refractivity contribution is -0.122. The highest BCUT2D eigenvalue weighted by Crippen LogP contribution is 2.20. The number of benzene rings is 1. The number of fused-ring (bicyclic) bond motifs is 1. The lowest BCUT2D eigenvalue weighted by Gasteiger charge is -2.20. The molecule has 1 atom stereocenters. The number of rotatable bonds is 4. The van der Waals surface area contributed by atoms with Gasteiger partial charge in [-0.2, -0.15) is 0 Å². The van der Waals surface area contributed by atoms with E-state index in [9.17, 15) is 9.59 Å². The predicted molar refractivity (Wildman–Crippen MR) is 86.7 cm³/mol. The molecule has 0 radical (unpaired) electrons. The van der Waals surface area contributed by atoms with Crippen LogP contribution in [0.15, 0.2) is 40.7 Å². The molecule has 0 unspecified atom stereocenters. The molecule has 3 rings (SSSR count). The molecule has 1 heterocycles. The fraction of sp³-hybridized carbons (Fsp3) is 0.412. The zero-order valence-corrected chi connectivity index (χ0v) is 12.8. The summed E-state index contributed by atoms with van der Waals surface area (Å²) in [5.41, 5.74) is 1.89. The van der Waals surface area contributed by atoms with E-state index in [1.54, 1.807) is 6.07 Å². The first-order valence-electron chi connectivity index (χ1n) is 7.81. The van der Waals surface area contributed by atoms with Crippen LogP contribution in [-0.2, 0) is 11.3 Å². The van der Waals surface area contributed by atoms with Crippen LogP contribution < -0.4 is 10.9 Å². The average Bonchev–Trinajstić information content (AvgIpc) is 2.84. The maximum atomic E-state index is 12.2. The molecule has 0 fully saturated rings. The van der Waals surface area contributed by atoms with Crippen molar-refractivity contribution in [1.29, 1.82) is 0 Å². The van der Waals surface area contributed by atoms with Crippen LogP contribution in [0, 0.1) is 0 Å². The van der Waals surface area contributed by atoms with Crippen LogP contribution in [0.2, 0.25) is 0 Å². The number of allylic oxidation sites excluding steroid dienone is 1. The summed E-state index contributed by atoms with van der Waals surface area (Å²) in [7, 11) is 0. The molecule has 1 aromatic carbocycles. The van der Waals surface area contributed by atoms with Gasteiger partial charge in [-0.1, -0.05) is 23.8 Å². The smallest absolute Gasteiger partial charge is 0.274 e. The Morgan fingerprint density at radius 2 is 2.18 bits per heavy atom. The van der Waals surface area contributed by atoms with E-state index in [0.717, 1.165) is 18.4 Å². The largest absolute Gasteiger partial charge is 0.348 e. The Labute approximate surface area is 129 Å². The van der Waals surface area contributed by atoms with Crippen LogP contribution in [0.5, 0.6) is 0 Å². The molecule has 1 amide bonds. The summed E-state index contributed by atoms with van der Waals surface area (Å²) in [5.74, 6) is -0.146. The Kier molecular flexibility index (Phi) is 4.13. The third-order valence-electron chi connectivity index (χ3n) is 4.22. The van der Waals surface area contributed by atoms with Gasteiger partial charge >= 0.3 is 0 Å². The van der Waals surface area contributed by atoms with Crippen LogP contribution >= 0.6 is 0 Å². The van der Waals surface area contributed by atoms with E-state index in [1.165, 1.54) is 23.1 Å². The van der Waals surface area contributed by atoms with Gasteiger partial charge in [0.2, 0.25) is 5.91 Å². The lowest BCUT2D eigenvalue weighted by Crippen LogP contribution is -2.38. The highest BCUT2D eigenvalue weighted by Gasteiger charge is 2.15. The van der Waals surface area contributed by atoms with E-state index in [1.807, 2.05) is 25.1 Å². The maximum Gasteiger partial charge on any atom is 0.274 e. The van der Waals surface area contributed by atoms with E-state index in [2.05, 4.69) is 16.5 Å². The van der Waals surface area contributed by atoms with Crippen LogP contribution in [0.4, 0.5) is 0 Å². The molecule has 1 aliphatic carbocycles. The fourth-order valence-electron chi connectivity index (χ4n) is 3.00. The SMILES string of the molecule is C[C@H](NC(=O)Cn1[nH]c2ccccc2c1=O)C1=CCCCC1. The third kappa shape index (κ3) is 2.98. The molecule has 116 valence electrons. The Balaban J connectivity index is 1.69. The van der Waals surface area contributed by atoms with Crippen molar-refractivity contribution in [3.63, 3.8) is 0 Å². The topological polar surface area (TPSA) is 66.9 Å². The Bertz CT molecular complexity index is 770. The fourth-order valence-corrected chi connectivity index (χ4v) is 3.00. The van der Waals surface area contributed by atoms with Crippen LogP contribution in [0.1, 0.15) is 32.6 Å². The molecule has 2 aromatic rings. The van der Waals surface area contributed by atoms with E-state index in [-0.39, 0.29) is 24.1 Å². The van der Waals surface area contributed by atoms with Crippen LogP contribution in [0.3, 0.4) is 0 Å². The van der Waals surface area contributed by atoms with Gasteiger partial charge in [0, 0.05) is 6.04 Å². The molecule has 1 aliphatic rings. The minimum absolute atomic E-state index is 0.0190. The molecule has 0 saturated heterocycles. The number of amides is 1. The number of H-pyrrole nitrogens is 1. The quantitative estimate of drug-likeness (QED) is 0.851. The van der Waals surface area contributed by atoms with E-state index >= 15 is 0 Å². The monoisotopic (exact) mass is 299 g/mol. The minimum Gasteiger partial charge on any atom is -0.348 e. The van der Waals surface area contributed by atoms with Crippen LogP contribution in [0.25, 0.3) is 10.9 Å². The van der Waals surface area contributed by atoms with Gasteiger partial charge in [0.05, 0.1) is 10.9 Å². The van der Waals surface area contributed by atoms with Crippen molar-refractivity contribution in [2.75, 3.05) is 0 Å². The molecule has 0 aliphatic heterocycles. The first kappa shape index (κ1) is 14.6. The lowest BCUT2D eigenvalue weighted by atomic mass is 9.95. The summed E-state index contributed by atoms with van der Waals surface area (Å²) in [6, 6.07) is 7.31. The standard InChI is InChI=1S/C17H21N3O2/c1-12(13-7-3-2-4-8-13)18-16(21)11-20-17(22)14-9-5-6-10-15(14)19-20/h5-7,9-10,12,19H,2-4,8,11H2,1H3,(H,18,21)/t12-/m0/s1. The number of hydrogen-bond donors (Lipinski definition) is 2. The number of aromatic amines is 1. The molecule has 2 N–H and O–H groups in total. The molecule has 5 heteroatoms. The van der Waals surface area contributed by atoms with Crippen molar-refractivity contribution in [1.82, 2.24) is 15.1 Å². The highest BCUT2D eigenvalue weighted by molar-refractivity contribution is 5.80. The van der Waals surface area contributed by atoms with Gasteiger partial charge in [-0.3, -0.25) is 14.7 Å². The van der Waals surface area contributed by atoms with Gasteiger partial charge < -0.3 is 5.32 Å². The average molecular weight is 299 g/mol. The Morgan fingerprint density at radius 3 is 2.91 bits per heavy atom. The number of nitrogens with one attached hydrogen (secondary N) is 2. The Hall–Kier alpha value is -2.30. The molecule has 22 heavy (non-hydrogen) atoms. The first-order valence-corrected chi connectivity index (χ1v) is 7.81. The number of aromatic nitrogens is 2. The molecule has 0 spiro atoms. The van der Waals surface area contributed by atoms with Crippen molar-refractivity contribution in [3.8, 4) is 0 Å². The van der Waals surface area contributed by atoms with Crippen LogP contribution in [-0.4, -0.2) is 21.7 Å². The van der Waals surface area contributed by atoms with Gasteiger partial charge in [0.25, 0.3) is 5.56 Å². The number of carbonyl (C=O) groups is 1. The second kappa shape index (κ2) is 6.22. The predicted octanol–water partition coefficient (Wildman–Crippen LogP) is 2.33. The Morgan fingerprint density at radius 1 is 1.36 bits per heavy atom. The molecular formula is C17H21N3O2. The van der Waals surface area contributed by atoms with Crippen molar-refractivity contribution in [2.24, 2.45) is 0 Å². The zero-order valence-electron chi connectivity index (χ0n) is 12.8. The van der Waals surface area contributed by atoms with Crippen molar-refractivity contribution < 1.29 is 4.79 Å². The molecular weight excluding hydrogens is 278 g/mol. The number of nitrogens with zero attached hydrogens (tertiary/aromatic N) is 1. The van der Waals surface area contributed by atoms with Gasteiger partial charge in [0.15, 0.2) is 0 Å². The minimum atomic E-state index is -0.157. The molecule has 0 bridgehead atoms. The van der Waals surface area contributed by atoms with E-state index in [0.29, 0.717) is 5.39 Å². The highest BCUT2D eigenvalue weighted by atomic mass is 16.2. The molecule has 1 aromatic heterocycles. The zero-order chi connectivity index (χ0) is 15.5. The molecule has 0 saturated carbocycles. The first-order chi connectivity index (χ1) is 10.6. The second-order valence-corrected chi connectivity index (χ2v) is 5.86. The molecule has 5 nitrogen and oxygen atoms in total. The number of carbonyl (C=O) groups excluding carboxylic acids is 1. The summed E-state index contributed by atoms with van der Waals surface area (Å²) < 4.78 is 1.36. The normalized spacial score (nSPS) is 16.3. The summed E-state index contributed by atoms with van der Waals surface area (Å²) >= 11 is 0. The van der Waals surface area contributed by atoms with E-state index in [4.69, 9.17) is 0 Å². The number of para-hydroxylation sites is 1. The number of hydrogen-bond acceptors (Lipinski definition) is 2. The third-order valence-corrected chi connectivity index (χ3v) is 4.22. The van der Waals surface area contributed by atoms with Crippen molar-refractivity contribution in [2.45, 2.75) is 45.2 Å². The summed E-state index contributed by atoms with van der Waals surface area (Å²) in [5, 5.41) is 6.57. The van der Waals surface area contributed by atoms with Crippen molar-refractivity contribution >= 4 is 16.8 Å². The summed E-state index contributed by atoms with van der Waals surface area (Å²) in [6.07, 6.45) is 6.79. The van der Waals surface area contributed by atoms with E-state index < -0.39 is 0 Å². The van der Waals surface area contributed by atoms with Gasteiger partial charge in [-0.05, 0) is 44.7 Å².